The second-order valence-electron chi connectivity index (χ2n) is 7.65. The molecular weight excluding hydrogens is 396 g/mol. The molecule has 1 aliphatic rings. The number of amides is 5. The lowest BCUT2D eigenvalue weighted by molar-refractivity contribution is -0.136. The van der Waals surface area contributed by atoms with Crippen molar-refractivity contribution in [2.24, 2.45) is 0 Å². The quantitative estimate of drug-likeness (QED) is 0.622. The predicted molar refractivity (Wildman–Crippen MR) is 117 cm³/mol. The summed E-state index contributed by atoms with van der Waals surface area (Å²) in [6.45, 7) is 6.68. The molecule has 0 radical (unpaired) electrons. The zero-order valence-electron chi connectivity index (χ0n) is 18.0. The minimum atomic E-state index is -1.20. The van der Waals surface area contributed by atoms with E-state index in [-0.39, 0.29) is 5.91 Å². The Morgan fingerprint density at radius 2 is 1.55 bits per heavy atom. The number of benzene rings is 2. The summed E-state index contributed by atoms with van der Waals surface area (Å²) in [6.07, 6.45) is 0.357. The van der Waals surface area contributed by atoms with Crippen LogP contribution in [0.2, 0.25) is 0 Å². The van der Waals surface area contributed by atoms with Crippen LogP contribution in [0.25, 0.3) is 0 Å². The van der Waals surface area contributed by atoms with Gasteiger partial charge in [-0.25, -0.2) is 9.69 Å². The van der Waals surface area contributed by atoms with Gasteiger partial charge >= 0.3 is 6.03 Å². The van der Waals surface area contributed by atoms with Crippen molar-refractivity contribution in [3.05, 3.63) is 59.7 Å². The molecule has 1 saturated heterocycles. The molecule has 162 valence electrons. The van der Waals surface area contributed by atoms with Gasteiger partial charge in [0, 0.05) is 18.3 Å². The standard InChI is InChI=1S/C23H26N4O4/c1-5-23(17-8-6-14(2)7-9-17)21(30)27(22(31)26-23)15(3)20(29)25-19-12-10-18(11-13-19)24-16(4)28/h6-13,15H,5H2,1-4H3,(H,24,28)(H,25,29)(H,26,31)/t15-,23-/m0/s1. The van der Waals surface area contributed by atoms with Crippen LogP contribution in [0.5, 0.6) is 0 Å². The van der Waals surface area contributed by atoms with Gasteiger partial charge in [0.25, 0.3) is 5.91 Å². The number of anilines is 2. The molecule has 31 heavy (non-hydrogen) atoms. The molecule has 0 aromatic heterocycles. The van der Waals surface area contributed by atoms with Crippen LogP contribution in [0.15, 0.2) is 48.5 Å². The van der Waals surface area contributed by atoms with Crippen molar-refractivity contribution in [3.63, 3.8) is 0 Å². The van der Waals surface area contributed by atoms with E-state index >= 15 is 0 Å². The zero-order chi connectivity index (χ0) is 22.8. The molecule has 1 heterocycles. The smallest absolute Gasteiger partial charge is 0.326 e. The van der Waals surface area contributed by atoms with Gasteiger partial charge in [-0.1, -0.05) is 36.8 Å². The Morgan fingerprint density at radius 1 is 1.00 bits per heavy atom. The molecule has 3 rings (SSSR count). The Bertz CT molecular complexity index is 1020. The van der Waals surface area contributed by atoms with E-state index in [0.29, 0.717) is 23.4 Å². The van der Waals surface area contributed by atoms with Crippen LogP contribution < -0.4 is 16.0 Å². The number of nitrogens with one attached hydrogen (secondary N) is 3. The molecule has 8 heteroatoms. The monoisotopic (exact) mass is 422 g/mol. The van der Waals surface area contributed by atoms with Gasteiger partial charge in [0.1, 0.15) is 11.6 Å². The number of aryl methyl sites for hydroxylation is 1. The Labute approximate surface area is 181 Å². The molecule has 5 amide bonds. The summed E-state index contributed by atoms with van der Waals surface area (Å²) in [5, 5.41) is 8.14. The molecule has 2 aromatic rings. The van der Waals surface area contributed by atoms with E-state index < -0.39 is 29.4 Å². The minimum Gasteiger partial charge on any atom is -0.326 e. The lowest BCUT2D eigenvalue weighted by Gasteiger charge is -2.27. The van der Waals surface area contributed by atoms with Crippen LogP contribution in [0, 0.1) is 6.92 Å². The number of urea groups is 1. The highest BCUT2D eigenvalue weighted by Gasteiger charge is 2.53. The second kappa shape index (κ2) is 8.59. The van der Waals surface area contributed by atoms with E-state index in [1.807, 2.05) is 38.1 Å². The number of carbonyl (C=O) groups is 4. The Balaban J connectivity index is 1.77. The molecule has 0 aliphatic carbocycles. The van der Waals surface area contributed by atoms with Crippen molar-refractivity contribution in [2.45, 2.75) is 45.7 Å². The molecule has 1 aliphatic heterocycles. The first kappa shape index (κ1) is 22.0. The Hall–Kier alpha value is -3.68. The van der Waals surface area contributed by atoms with Gasteiger partial charge < -0.3 is 16.0 Å². The van der Waals surface area contributed by atoms with Gasteiger partial charge in [-0.2, -0.15) is 0 Å². The van der Waals surface area contributed by atoms with Crippen molar-refractivity contribution in [2.75, 3.05) is 10.6 Å². The minimum absolute atomic E-state index is 0.197. The topological polar surface area (TPSA) is 108 Å². The van der Waals surface area contributed by atoms with Crippen LogP contribution >= 0.6 is 0 Å². The SMILES string of the molecule is CC[C@@]1(c2ccc(C)cc2)NC(=O)N([C@@H](C)C(=O)Nc2ccc(NC(C)=O)cc2)C1=O. The fourth-order valence-corrected chi connectivity index (χ4v) is 3.63. The van der Waals surface area contributed by atoms with Crippen LogP contribution in [-0.4, -0.2) is 34.7 Å². The molecule has 1 fully saturated rings. The maximum atomic E-state index is 13.3. The third-order valence-electron chi connectivity index (χ3n) is 5.44. The van der Waals surface area contributed by atoms with Crippen LogP contribution in [0.4, 0.5) is 16.2 Å². The number of hydrogen-bond acceptors (Lipinski definition) is 4. The molecular formula is C23H26N4O4. The summed E-state index contributed by atoms with van der Waals surface area (Å²) in [5.41, 5.74) is 1.61. The average molecular weight is 422 g/mol. The normalized spacial score (nSPS) is 19.0. The summed E-state index contributed by atoms with van der Waals surface area (Å²) < 4.78 is 0. The van der Waals surface area contributed by atoms with E-state index in [4.69, 9.17) is 0 Å². The first-order valence-corrected chi connectivity index (χ1v) is 10.1. The van der Waals surface area contributed by atoms with E-state index in [1.165, 1.54) is 13.8 Å². The number of imide groups is 1. The number of carbonyl (C=O) groups excluding carboxylic acids is 4. The summed E-state index contributed by atoms with van der Waals surface area (Å²) >= 11 is 0. The molecule has 0 bridgehead atoms. The molecule has 2 atom stereocenters. The van der Waals surface area contributed by atoms with Crippen molar-refractivity contribution in [1.82, 2.24) is 10.2 Å². The first-order valence-electron chi connectivity index (χ1n) is 10.1. The fourth-order valence-electron chi connectivity index (χ4n) is 3.63. The summed E-state index contributed by atoms with van der Waals surface area (Å²) in [7, 11) is 0. The molecule has 0 unspecified atom stereocenters. The number of nitrogens with zero attached hydrogens (tertiary/aromatic N) is 1. The largest absolute Gasteiger partial charge is 0.326 e. The zero-order valence-corrected chi connectivity index (χ0v) is 18.0. The second-order valence-corrected chi connectivity index (χ2v) is 7.65. The van der Waals surface area contributed by atoms with E-state index in [1.54, 1.807) is 24.3 Å². The predicted octanol–water partition coefficient (Wildman–Crippen LogP) is 3.14. The van der Waals surface area contributed by atoms with E-state index in [9.17, 15) is 19.2 Å². The van der Waals surface area contributed by atoms with Gasteiger partial charge in [0.2, 0.25) is 11.8 Å². The third-order valence-corrected chi connectivity index (χ3v) is 5.44. The molecule has 2 aromatic carbocycles. The van der Waals surface area contributed by atoms with Crippen molar-refractivity contribution in [1.29, 1.82) is 0 Å². The van der Waals surface area contributed by atoms with Crippen LogP contribution in [0.1, 0.15) is 38.3 Å². The van der Waals surface area contributed by atoms with E-state index in [2.05, 4.69) is 16.0 Å². The summed E-state index contributed by atoms with van der Waals surface area (Å²) in [5.74, 6) is -1.14. The molecule has 3 N–H and O–H groups in total. The lowest BCUT2D eigenvalue weighted by Crippen LogP contribution is -2.47. The van der Waals surface area contributed by atoms with Crippen molar-refractivity contribution >= 4 is 35.1 Å². The maximum absolute atomic E-state index is 13.3. The number of rotatable bonds is 6. The van der Waals surface area contributed by atoms with Gasteiger partial charge in [0.05, 0.1) is 0 Å². The molecule has 0 spiro atoms. The summed E-state index contributed by atoms with van der Waals surface area (Å²) in [4.78, 5) is 50.9. The van der Waals surface area contributed by atoms with Gasteiger partial charge in [-0.3, -0.25) is 14.4 Å². The van der Waals surface area contributed by atoms with Crippen molar-refractivity contribution in [3.8, 4) is 0 Å². The highest BCUT2D eigenvalue weighted by Crippen LogP contribution is 2.33. The maximum Gasteiger partial charge on any atom is 0.326 e. The summed E-state index contributed by atoms with van der Waals surface area (Å²) in [6, 6.07) is 12.4. The molecule has 0 saturated carbocycles. The third kappa shape index (κ3) is 4.28. The number of hydrogen-bond donors (Lipinski definition) is 3. The van der Waals surface area contributed by atoms with Crippen molar-refractivity contribution < 1.29 is 19.2 Å². The highest BCUT2D eigenvalue weighted by molar-refractivity contribution is 6.11. The Morgan fingerprint density at radius 3 is 2.06 bits per heavy atom. The highest BCUT2D eigenvalue weighted by atomic mass is 16.2. The van der Waals surface area contributed by atoms with Gasteiger partial charge in [-0.05, 0) is 50.1 Å². The van der Waals surface area contributed by atoms with E-state index in [0.717, 1.165) is 10.5 Å². The van der Waals surface area contributed by atoms with Gasteiger partial charge in [-0.15, -0.1) is 0 Å². The van der Waals surface area contributed by atoms with Gasteiger partial charge in [0.15, 0.2) is 0 Å². The Kier molecular flexibility index (Phi) is 6.10. The average Bonchev–Trinajstić information content (AvgIpc) is 2.99. The van der Waals surface area contributed by atoms with Crippen LogP contribution in [0.3, 0.4) is 0 Å². The van der Waals surface area contributed by atoms with Crippen LogP contribution in [-0.2, 0) is 19.9 Å². The molecule has 8 nitrogen and oxygen atoms in total. The fraction of sp³-hybridized carbons (Fsp3) is 0.304. The first-order chi connectivity index (χ1) is 14.7. The lowest BCUT2D eigenvalue weighted by atomic mass is 9.86.